The molecule has 0 spiro atoms. The lowest BCUT2D eigenvalue weighted by molar-refractivity contribution is 0.102. The van der Waals surface area contributed by atoms with Crippen molar-refractivity contribution in [3.8, 4) is 0 Å². The summed E-state index contributed by atoms with van der Waals surface area (Å²) in [5.74, 6) is -0.239. The molecule has 0 bridgehead atoms. The Bertz CT molecular complexity index is 942. The number of rotatable bonds is 7. The summed E-state index contributed by atoms with van der Waals surface area (Å²) in [4.78, 5) is 19.2. The fraction of sp³-hybridized carbons (Fsp3) is 0.273. The highest BCUT2D eigenvalue weighted by molar-refractivity contribution is 6.34. The van der Waals surface area contributed by atoms with Gasteiger partial charge in [-0.15, -0.1) is 0 Å². The predicted molar refractivity (Wildman–Crippen MR) is 114 cm³/mol. The second-order valence-corrected chi connectivity index (χ2v) is 7.07. The Labute approximate surface area is 165 Å². The first-order chi connectivity index (χ1) is 13.1. The number of nitrogens with one attached hydrogen (secondary N) is 1. The number of hydrogen-bond acceptors (Lipinski definition) is 3. The molecule has 0 aliphatic rings. The Hall–Kier alpha value is -2.59. The lowest BCUT2D eigenvalue weighted by atomic mass is 10.1. The first kappa shape index (κ1) is 19.2. The molecule has 0 atom stereocenters. The van der Waals surface area contributed by atoms with Gasteiger partial charge in [0.25, 0.3) is 5.91 Å². The number of nitrogens with zero attached hydrogens (tertiary/aromatic N) is 2. The van der Waals surface area contributed by atoms with E-state index in [4.69, 9.17) is 11.6 Å². The largest absolute Gasteiger partial charge is 0.375 e. The highest BCUT2D eigenvalue weighted by atomic mass is 35.5. The van der Waals surface area contributed by atoms with Crippen LogP contribution in [0.15, 0.2) is 54.7 Å². The second kappa shape index (κ2) is 8.87. The third-order valence-corrected chi connectivity index (χ3v) is 4.90. The fourth-order valence-electron chi connectivity index (χ4n) is 2.99. The highest BCUT2D eigenvalue weighted by Crippen LogP contribution is 2.25. The summed E-state index contributed by atoms with van der Waals surface area (Å²) in [5, 5.41) is 4.31. The number of aromatic nitrogens is 1. The Kier molecular flexibility index (Phi) is 6.30. The van der Waals surface area contributed by atoms with Crippen LogP contribution < -0.4 is 10.2 Å². The lowest BCUT2D eigenvalue weighted by Gasteiger charge is -2.20. The first-order valence-electron chi connectivity index (χ1n) is 9.25. The molecule has 1 amide bonds. The van der Waals surface area contributed by atoms with E-state index in [-0.39, 0.29) is 5.91 Å². The van der Waals surface area contributed by atoms with E-state index in [1.54, 1.807) is 12.3 Å². The number of fused-ring (bicyclic) bond motifs is 1. The topological polar surface area (TPSA) is 45.2 Å². The van der Waals surface area contributed by atoms with Crippen LogP contribution in [0.1, 0.15) is 36.5 Å². The summed E-state index contributed by atoms with van der Waals surface area (Å²) >= 11 is 6.39. The van der Waals surface area contributed by atoms with Gasteiger partial charge in [-0.05, 0) is 36.8 Å². The van der Waals surface area contributed by atoms with Crippen molar-refractivity contribution in [2.75, 3.05) is 23.8 Å². The van der Waals surface area contributed by atoms with Crippen molar-refractivity contribution in [1.29, 1.82) is 0 Å². The van der Waals surface area contributed by atoms with Crippen molar-refractivity contribution in [3.63, 3.8) is 0 Å². The van der Waals surface area contributed by atoms with Crippen molar-refractivity contribution >= 4 is 39.8 Å². The van der Waals surface area contributed by atoms with Gasteiger partial charge in [-0.1, -0.05) is 49.6 Å². The molecule has 0 saturated carbocycles. The highest BCUT2D eigenvalue weighted by Gasteiger charge is 2.13. The maximum atomic E-state index is 12.6. The number of hydrogen-bond donors (Lipinski definition) is 1. The van der Waals surface area contributed by atoms with E-state index < -0.39 is 0 Å². The number of pyridine rings is 1. The van der Waals surface area contributed by atoms with Crippen LogP contribution in [0.25, 0.3) is 10.9 Å². The maximum absolute atomic E-state index is 12.6. The summed E-state index contributed by atoms with van der Waals surface area (Å²) < 4.78 is 0. The monoisotopic (exact) mass is 381 g/mol. The van der Waals surface area contributed by atoms with E-state index >= 15 is 0 Å². The van der Waals surface area contributed by atoms with Crippen LogP contribution in [0.3, 0.4) is 0 Å². The van der Waals surface area contributed by atoms with Gasteiger partial charge < -0.3 is 10.2 Å². The van der Waals surface area contributed by atoms with Crippen LogP contribution in [-0.4, -0.2) is 24.5 Å². The van der Waals surface area contributed by atoms with E-state index in [0.717, 1.165) is 29.6 Å². The summed E-state index contributed by atoms with van der Waals surface area (Å²) in [7, 11) is 2.04. The Morgan fingerprint density at radius 1 is 1.15 bits per heavy atom. The number of para-hydroxylation sites is 1. The van der Waals surface area contributed by atoms with Crippen LogP contribution in [-0.2, 0) is 0 Å². The Morgan fingerprint density at radius 2 is 1.96 bits per heavy atom. The molecule has 1 heterocycles. The minimum Gasteiger partial charge on any atom is -0.375 e. The molecule has 2 aromatic carbocycles. The number of unbranched alkanes of at least 4 members (excludes halogenated alkanes) is 2. The lowest BCUT2D eigenvalue weighted by Crippen LogP contribution is -2.19. The van der Waals surface area contributed by atoms with Gasteiger partial charge >= 0.3 is 0 Å². The normalized spacial score (nSPS) is 10.8. The van der Waals surface area contributed by atoms with Gasteiger partial charge in [0.05, 0.1) is 28.0 Å². The van der Waals surface area contributed by atoms with Gasteiger partial charge in [0.1, 0.15) is 0 Å². The van der Waals surface area contributed by atoms with Crippen molar-refractivity contribution in [2.24, 2.45) is 0 Å². The Balaban J connectivity index is 1.72. The molecule has 0 radical (unpaired) electrons. The number of carbonyl (C=O) groups is 1. The molecule has 3 rings (SSSR count). The van der Waals surface area contributed by atoms with Gasteiger partial charge in [0, 0.05) is 24.7 Å². The molecule has 0 aliphatic carbocycles. The third kappa shape index (κ3) is 4.77. The van der Waals surface area contributed by atoms with Crippen LogP contribution in [0, 0.1) is 0 Å². The fourth-order valence-corrected chi connectivity index (χ4v) is 3.25. The zero-order valence-corrected chi connectivity index (χ0v) is 16.5. The van der Waals surface area contributed by atoms with Gasteiger partial charge in [-0.25, -0.2) is 0 Å². The predicted octanol–water partition coefficient (Wildman–Crippen LogP) is 5.77. The van der Waals surface area contributed by atoms with Crippen LogP contribution >= 0.6 is 11.6 Å². The van der Waals surface area contributed by atoms with Crippen LogP contribution in [0.2, 0.25) is 5.02 Å². The molecule has 4 nitrogen and oxygen atoms in total. The molecule has 0 fully saturated rings. The average molecular weight is 382 g/mol. The number of anilines is 2. The molecule has 27 heavy (non-hydrogen) atoms. The van der Waals surface area contributed by atoms with Crippen LogP contribution in [0.4, 0.5) is 11.4 Å². The smallest absolute Gasteiger partial charge is 0.257 e. The summed E-state index contributed by atoms with van der Waals surface area (Å²) in [6.07, 6.45) is 5.20. The molecule has 3 aromatic rings. The van der Waals surface area contributed by atoms with Crippen molar-refractivity contribution in [2.45, 2.75) is 26.2 Å². The quantitative estimate of drug-likeness (QED) is 0.528. The molecule has 0 aliphatic heterocycles. The molecule has 5 heteroatoms. The molecule has 1 aromatic heterocycles. The summed E-state index contributed by atoms with van der Waals surface area (Å²) in [5.41, 5.74) is 3.01. The van der Waals surface area contributed by atoms with Gasteiger partial charge in [0.15, 0.2) is 0 Å². The third-order valence-electron chi connectivity index (χ3n) is 4.58. The van der Waals surface area contributed by atoms with Gasteiger partial charge in [-0.3, -0.25) is 9.78 Å². The molecule has 0 saturated heterocycles. The molecule has 0 unspecified atom stereocenters. The van der Waals surface area contributed by atoms with E-state index in [1.807, 2.05) is 49.5 Å². The SMILES string of the molecule is CCCCCN(C)c1ccc(C(=O)Nc2cnc3ccccc3c2)c(Cl)c1. The minimum absolute atomic E-state index is 0.239. The minimum atomic E-state index is -0.239. The summed E-state index contributed by atoms with van der Waals surface area (Å²) in [6.45, 7) is 3.16. The van der Waals surface area contributed by atoms with Gasteiger partial charge in [0.2, 0.25) is 0 Å². The van der Waals surface area contributed by atoms with E-state index in [1.165, 1.54) is 12.8 Å². The second-order valence-electron chi connectivity index (χ2n) is 6.66. The number of halogens is 1. The number of carbonyl (C=O) groups excluding carboxylic acids is 1. The molecule has 1 N–H and O–H groups in total. The van der Waals surface area contributed by atoms with Crippen LogP contribution in [0.5, 0.6) is 0 Å². The van der Waals surface area contributed by atoms with Crippen molar-refractivity contribution in [1.82, 2.24) is 4.98 Å². The standard InChI is InChI=1S/C22H24ClN3O/c1-3-4-7-12-26(2)18-10-11-19(20(23)14-18)22(27)25-17-13-16-8-5-6-9-21(16)24-15-17/h5-6,8-11,13-15H,3-4,7,12H2,1-2H3,(H,25,27). The van der Waals surface area contributed by atoms with Crippen molar-refractivity contribution < 1.29 is 4.79 Å². The van der Waals surface area contributed by atoms with E-state index in [9.17, 15) is 4.79 Å². The van der Waals surface area contributed by atoms with Gasteiger partial charge in [-0.2, -0.15) is 0 Å². The van der Waals surface area contributed by atoms with E-state index in [2.05, 4.69) is 22.1 Å². The molecule has 140 valence electrons. The zero-order chi connectivity index (χ0) is 19.2. The summed E-state index contributed by atoms with van der Waals surface area (Å²) in [6, 6.07) is 15.3. The number of amides is 1. The first-order valence-corrected chi connectivity index (χ1v) is 9.63. The zero-order valence-electron chi connectivity index (χ0n) is 15.7. The number of benzene rings is 2. The maximum Gasteiger partial charge on any atom is 0.257 e. The molecular weight excluding hydrogens is 358 g/mol. The molecular formula is C22H24ClN3O. The average Bonchev–Trinajstić information content (AvgIpc) is 2.67. The van der Waals surface area contributed by atoms with E-state index in [0.29, 0.717) is 16.3 Å². The van der Waals surface area contributed by atoms with Crippen molar-refractivity contribution in [3.05, 3.63) is 65.3 Å². The Morgan fingerprint density at radius 3 is 2.74 bits per heavy atom.